The molecule has 0 spiro atoms. The summed E-state index contributed by atoms with van der Waals surface area (Å²) < 4.78 is 5.14. The molecule has 0 saturated carbocycles. The first-order valence-corrected chi connectivity index (χ1v) is 9.09. The number of nitrogens with zero attached hydrogens (tertiary/aromatic N) is 1. The zero-order valence-corrected chi connectivity index (χ0v) is 16.2. The Balaban J connectivity index is 1.62. The van der Waals surface area contributed by atoms with Crippen molar-refractivity contribution < 1.29 is 28.7 Å². The molecule has 2 atom stereocenters. The van der Waals surface area contributed by atoms with Gasteiger partial charge in [0.2, 0.25) is 5.91 Å². The van der Waals surface area contributed by atoms with Crippen LogP contribution in [0.15, 0.2) is 48.5 Å². The number of amides is 4. The fourth-order valence-electron chi connectivity index (χ4n) is 2.95. The average Bonchev–Trinajstić information content (AvgIpc) is 2.98. The van der Waals surface area contributed by atoms with Gasteiger partial charge in [0.1, 0.15) is 6.04 Å². The van der Waals surface area contributed by atoms with Crippen molar-refractivity contribution in [2.45, 2.75) is 26.0 Å². The Morgan fingerprint density at radius 2 is 1.47 bits per heavy atom. The summed E-state index contributed by atoms with van der Waals surface area (Å²) in [6.07, 6.45) is -1.19. The van der Waals surface area contributed by atoms with Crippen LogP contribution in [-0.2, 0) is 14.3 Å². The standard InChI is InChI=1S/C21H19N3O6/c1-11(24-19(27)15-5-3-4-6-16(15)20(24)28)21(29)30-12(2)18(26)23-14-9-7-13(8-10-14)17(22)25/h3-12H,1-2H3,(H2,22,25)(H,23,26)/t11-,12-/m0/s1. The van der Waals surface area contributed by atoms with Gasteiger partial charge in [0.15, 0.2) is 6.10 Å². The third-order valence-corrected chi connectivity index (χ3v) is 4.65. The zero-order chi connectivity index (χ0) is 22.0. The number of esters is 1. The average molecular weight is 409 g/mol. The first-order valence-electron chi connectivity index (χ1n) is 9.09. The summed E-state index contributed by atoms with van der Waals surface area (Å²) in [5, 5.41) is 2.54. The predicted octanol–water partition coefficient (Wildman–Crippen LogP) is 1.34. The quantitative estimate of drug-likeness (QED) is 0.546. The molecule has 3 rings (SSSR count). The minimum atomic E-state index is -1.21. The molecule has 1 heterocycles. The first kappa shape index (κ1) is 20.7. The number of carbonyl (C=O) groups is 5. The van der Waals surface area contributed by atoms with Gasteiger partial charge in [0.05, 0.1) is 11.1 Å². The maximum Gasteiger partial charge on any atom is 0.329 e. The maximum absolute atomic E-state index is 12.5. The van der Waals surface area contributed by atoms with Crippen LogP contribution < -0.4 is 11.1 Å². The lowest BCUT2D eigenvalue weighted by molar-refractivity contribution is -0.156. The van der Waals surface area contributed by atoms with Crippen molar-refractivity contribution in [3.8, 4) is 0 Å². The maximum atomic E-state index is 12.5. The Morgan fingerprint density at radius 3 is 1.97 bits per heavy atom. The van der Waals surface area contributed by atoms with Gasteiger partial charge >= 0.3 is 5.97 Å². The Bertz CT molecular complexity index is 1010. The second-order valence-corrected chi connectivity index (χ2v) is 6.71. The molecule has 0 aliphatic carbocycles. The predicted molar refractivity (Wildman–Crippen MR) is 106 cm³/mol. The molecule has 0 bridgehead atoms. The molecule has 2 aromatic carbocycles. The van der Waals surface area contributed by atoms with Crippen molar-refractivity contribution in [1.82, 2.24) is 4.90 Å². The van der Waals surface area contributed by atoms with Gasteiger partial charge in [-0.3, -0.25) is 24.1 Å². The van der Waals surface area contributed by atoms with Gasteiger partial charge in [-0.05, 0) is 50.2 Å². The van der Waals surface area contributed by atoms with Gasteiger partial charge in [0, 0.05) is 11.3 Å². The molecule has 1 aliphatic rings. The Morgan fingerprint density at radius 1 is 0.933 bits per heavy atom. The number of rotatable bonds is 6. The summed E-state index contributed by atoms with van der Waals surface area (Å²) in [5.74, 6) is -3.29. The van der Waals surface area contributed by atoms with Gasteiger partial charge in [0.25, 0.3) is 17.7 Å². The topological polar surface area (TPSA) is 136 Å². The van der Waals surface area contributed by atoms with Gasteiger partial charge in [-0.15, -0.1) is 0 Å². The lowest BCUT2D eigenvalue weighted by Gasteiger charge is -2.22. The number of carbonyl (C=O) groups excluding carboxylic acids is 5. The summed E-state index contributed by atoms with van der Waals surface area (Å²) in [4.78, 5) is 61.6. The number of nitrogens with one attached hydrogen (secondary N) is 1. The molecule has 0 fully saturated rings. The van der Waals surface area contributed by atoms with Gasteiger partial charge in [-0.2, -0.15) is 0 Å². The van der Waals surface area contributed by atoms with E-state index < -0.39 is 41.7 Å². The third kappa shape index (κ3) is 3.90. The normalized spacial score (nSPS) is 14.7. The van der Waals surface area contributed by atoms with Crippen LogP contribution in [0.25, 0.3) is 0 Å². The number of hydrogen-bond donors (Lipinski definition) is 2. The van der Waals surface area contributed by atoms with E-state index >= 15 is 0 Å². The number of benzene rings is 2. The van der Waals surface area contributed by atoms with E-state index in [0.717, 1.165) is 4.90 Å². The Hall–Kier alpha value is -4.01. The van der Waals surface area contributed by atoms with Crippen LogP contribution in [0.2, 0.25) is 0 Å². The van der Waals surface area contributed by atoms with Crippen molar-refractivity contribution in [1.29, 1.82) is 0 Å². The van der Waals surface area contributed by atoms with E-state index in [0.29, 0.717) is 5.69 Å². The lowest BCUT2D eigenvalue weighted by atomic mass is 10.1. The highest BCUT2D eigenvalue weighted by molar-refractivity contribution is 6.22. The summed E-state index contributed by atoms with van der Waals surface area (Å²) in [6, 6.07) is 10.9. The number of ether oxygens (including phenoxy) is 1. The number of imide groups is 1. The van der Waals surface area contributed by atoms with E-state index in [1.165, 1.54) is 50.2 Å². The molecule has 1 aliphatic heterocycles. The summed E-state index contributed by atoms with van der Waals surface area (Å²) in [5.41, 5.74) is 6.25. The summed E-state index contributed by atoms with van der Waals surface area (Å²) >= 11 is 0. The highest BCUT2D eigenvalue weighted by atomic mass is 16.5. The van der Waals surface area contributed by atoms with Crippen LogP contribution in [0.4, 0.5) is 5.69 Å². The number of primary amides is 1. The van der Waals surface area contributed by atoms with Gasteiger partial charge in [-0.25, -0.2) is 4.79 Å². The van der Waals surface area contributed by atoms with Crippen LogP contribution in [0.5, 0.6) is 0 Å². The molecule has 30 heavy (non-hydrogen) atoms. The fraction of sp³-hybridized carbons (Fsp3) is 0.190. The van der Waals surface area contributed by atoms with E-state index in [1.54, 1.807) is 12.1 Å². The second-order valence-electron chi connectivity index (χ2n) is 6.71. The largest absolute Gasteiger partial charge is 0.451 e. The fourth-order valence-corrected chi connectivity index (χ4v) is 2.95. The van der Waals surface area contributed by atoms with Crippen molar-refractivity contribution in [2.24, 2.45) is 5.73 Å². The van der Waals surface area contributed by atoms with Crippen molar-refractivity contribution in [3.05, 3.63) is 65.2 Å². The molecule has 0 saturated heterocycles. The molecule has 154 valence electrons. The van der Waals surface area contributed by atoms with Crippen molar-refractivity contribution in [3.63, 3.8) is 0 Å². The molecular formula is C21H19N3O6. The zero-order valence-electron chi connectivity index (χ0n) is 16.2. The van der Waals surface area contributed by atoms with E-state index in [-0.39, 0.29) is 16.7 Å². The smallest absolute Gasteiger partial charge is 0.329 e. The molecule has 3 N–H and O–H groups in total. The van der Waals surface area contributed by atoms with E-state index in [4.69, 9.17) is 10.5 Å². The molecule has 0 radical (unpaired) electrons. The van der Waals surface area contributed by atoms with Crippen LogP contribution in [0.3, 0.4) is 0 Å². The van der Waals surface area contributed by atoms with Gasteiger partial charge < -0.3 is 15.8 Å². The molecule has 0 aromatic heterocycles. The second kappa shape index (κ2) is 8.16. The minimum Gasteiger partial charge on any atom is -0.451 e. The molecule has 9 nitrogen and oxygen atoms in total. The Kier molecular flexibility index (Phi) is 5.63. The number of hydrogen-bond acceptors (Lipinski definition) is 6. The SMILES string of the molecule is C[C@H](OC(=O)[C@H](C)N1C(=O)c2ccccc2C1=O)C(=O)Nc1ccc(C(N)=O)cc1. The van der Waals surface area contributed by atoms with E-state index in [1.807, 2.05) is 0 Å². The lowest BCUT2D eigenvalue weighted by Crippen LogP contribution is -2.45. The monoisotopic (exact) mass is 409 g/mol. The van der Waals surface area contributed by atoms with Crippen molar-refractivity contribution in [2.75, 3.05) is 5.32 Å². The highest BCUT2D eigenvalue weighted by Crippen LogP contribution is 2.25. The molecular weight excluding hydrogens is 390 g/mol. The Labute approximate surface area is 171 Å². The molecule has 9 heteroatoms. The number of fused-ring (bicyclic) bond motifs is 1. The first-order chi connectivity index (χ1) is 14.2. The minimum absolute atomic E-state index is 0.215. The molecule has 4 amide bonds. The van der Waals surface area contributed by atoms with Crippen molar-refractivity contribution >= 4 is 35.3 Å². The molecule has 0 unspecified atom stereocenters. The van der Waals surface area contributed by atoms with E-state index in [2.05, 4.69) is 5.32 Å². The van der Waals surface area contributed by atoms with Gasteiger partial charge in [-0.1, -0.05) is 12.1 Å². The number of nitrogens with two attached hydrogens (primary N) is 1. The van der Waals surface area contributed by atoms with Crippen LogP contribution in [0, 0.1) is 0 Å². The van der Waals surface area contributed by atoms with Crippen LogP contribution in [0.1, 0.15) is 44.9 Å². The molecule has 2 aromatic rings. The summed E-state index contributed by atoms with van der Waals surface area (Å²) in [6.45, 7) is 2.72. The number of anilines is 1. The third-order valence-electron chi connectivity index (χ3n) is 4.65. The van der Waals surface area contributed by atoms with Crippen LogP contribution >= 0.6 is 0 Å². The highest BCUT2D eigenvalue weighted by Gasteiger charge is 2.41. The van der Waals surface area contributed by atoms with E-state index in [9.17, 15) is 24.0 Å². The summed E-state index contributed by atoms with van der Waals surface area (Å²) in [7, 11) is 0. The van der Waals surface area contributed by atoms with Crippen LogP contribution in [-0.4, -0.2) is 46.6 Å².